The summed E-state index contributed by atoms with van der Waals surface area (Å²) in [5.41, 5.74) is 0.895. The summed E-state index contributed by atoms with van der Waals surface area (Å²) in [5, 5.41) is 6.94. The van der Waals surface area contributed by atoms with Crippen LogP contribution in [0.5, 0.6) is 0 Å². The van der Waals surface area contributed by atoms with Crippen molar-refractivity contribution in [1.29, 1.82) is 0 Å². The van der Waals surface area contributed by atoms with Crippen LogP contribution in [-0.2, 0) is 31.5 Å². The number of nitrogens with zero attached hydrogens (tertiary/aromatic N) is 1. The van der Waals surface area contributed by atoms with Crippen LogP contribution in [0.4, 0.5) is 5.00 Å². The molecule has 1 fully saturated rings. The monoisotopic (exact) mass is 563 g/mol. The lowest BCUT2D eigenvalue weighted by Crippen LogP contribution is -2.55. The molecule has 1 atom stereocenters. The van der Waals surface area contributed by atoms with Crippen LogP contribution in [0, 0.1) is 0 Å². The number of rotatable bonds is 8. The number of esters is 1. The van der Waals surface area contributed by atoms with Crippen LogP contribution in [0.2, 0.25) is 0 Å². The molecule has 11 heteroatoms. The van der Waals surface area contributed by atoms with Gasteiger partial charge in [0.25, 0.3) is 5.91 Å². The van der Waals surface area contributed by atoms with Crippen LogP contribution in [0.1, 0.15) is 78.6 Å². The van der Waals surface area contributed by atoms with Crippen LogP contribution in [0.3, 0.4) is 0 Å². The molecule has 9 nitrogen and oxygen atoms in total. The Labute approximate surface area is 228 Å². The molecule has 0 bridgehead atoms. The molecule has 0 aliphatic carbocycles. The number of sulfonamides is 1. The van der Waals surface area contributed by atoms with Gasteiger partial charge in [0.15, 0.2) is 0 Å². The molecule has 1 aromatic carbocycles. The lowest BCUT2D eigenvalue weighted by atomic mass is 9.81. The number of thiophene rings is 1. The van der Waals surface area contributed by atoms with Gasteiger partial charge in [0.05, 0.1) is 23.2 Å². The number of hydrogen-bond donors (Lipinski definition) is 2. The van der Waals surface area contributed by atoms with E-state index in [1.54, 1.807) is 6.92 Å². The second kappa shape index (κ2) is 10.7. The summed E-state index contributed by atoms with van der Waals surface area (Å²) >= 11 is 1.36. The van der Waals surface area contributed by atoms with Gasteiger partial charge in [0, 0.05) is 41.7 Å². The Bertz CT molecular complexity index is 1310. The fourth-order valence-electron chi connectivity index (χ4n) is 5.34. The zero-order valence-electron chi connectivity index (χ0n) is 22.8. The lowest BCUT2D eigenvalue weighted by Gasteiger charge is -2.42. The minimum atomic E-state index is -3.72. The van der Waals surface area contributed by atoms with E-state index in [-0.39, 0.29) is 35.3 Å². The fraction of sp³-hybridized carbons (Fsp3) is 0.556. The van der Waals surface area contributed by atoms with Gasteiger partial charge in [0.2, 0.25) is 10.0 Å². The van der Waals surface area contributed by atoms with Crippen molar-refractivity contribution in [1.82, 2.24) is 9.62 Å². The SMILES string of the molecule is CCOC(=O)c1c(NC(=O)c2ccc(S(=O)(=O)N(C)C[C@H]3CCCO3)cc2)sc2c1CC(C)(C)NC2(C)C. The topological polar surface area (TPSA) is 114 Å². The van der Waals surface area contributed by atoms with E-state index in [0.29, 0.717) is 23.6 Å². The van der Waals surface area contributed by atoms with Crippen molar-refractivity contribution in [2.24, 2.45) is 0 Å². The summed E-state index contributed by atoms with van der Waals surface area (Å²) in [7, 11) is -2.19. The second-order valence-corrected chi connectivity index (χ2v) is 14.1. The van der Waals surface area contributed by atoms with Gasteiger partial charge in [-0.3, -0.25) is 4.79 Å². The van der Waals surface area contributed by atoms with Gasteiger partial charge >= 0.3 is 5.97 Å². The number of hydrogen-bond acceptors (Lipinski definition) is 8. The van der Waals surface area contributed by atoms with Gasteiger partial charge in [-0.15, -0.1) is 11.3 Å². The molecular weight excluding hydrogens is 526 g/mol. The molecule has 0 saturated carbocycles. The maximum absolute atomic E-state index is 13.2. The Morgan fingerprint density at radius 2 is 1.89 bits per heavy atom. The molecule has 38 heavy (non-hydrogen) atoms. The maximum atomic E-state index is 13.2. The quantitative estimate of drug-likeness (QED) is 0.464. The van der Waals surface area contributed by atoms with Crippen molar-refractivity contribution in [3.8, 4) is 0 Å². The van der Waals surface area contributed by atoms with Crippen molar-refractivity contribution >= 4 is 38.2 Å². The first-order chi connectivity index (χ1) is 17.7. The maximum Gasteiger partial charge on any atom is 0.341 e. The van der Waals surface area contributed by atoms with Gasteiger partial charge in [-0.05, 0) is 83.7 Å². The van der Waals surface area contributed by atoms with Gasteiger partial charge in [-0.25, -0.2) is 13.2 Å². The summed E-state index contributed by atoms with van der Waals surface area (Å²) in [6, 6.07) is 5.82. The van der Waals surface area contributed by atoms with Crippen LogP contribution >= 0.6 is 11.3 Å². The number of amides is 1. The van der Waals surface area contributed by atoms with E-state index in [4.69, 9.17) is 9.47 Å². The van der Waals surface area contributed by atoms with Crippen LogP contribution in [-0.4, -0.2) is 63.0 Å². The Morgan fingerprint density at radius 3 is 2.50 bits per heavy atom. The van der Waals surface area contributed by atoms with Crippen molar-refractivity contribution in [3.05, 3.63) is 45.8 Å². The molecule has 4 rings (SSSR count). The van der Waals surface area contributed by atoms with Crippen molar-refractivity contribution in [2.45, 2.75) is 76.0 Å². The molecule has 2 aliphatic heterocycles. The van der Waals surface area contributed by atoms with Crippen molar-refractivity contribution in [3.63, 3.8) is 0 Å². The smallest absolute Gasteiger partial charge is 0.341 e. The normalized spacial score (nSPS) is 20.2. The van der Waals surface area contributed by atoms with Gasteiger partial charge < -0.3 is 20.1 Å². The minimum absolute atomic E-state index is 0.100. The van der Waals surface area contributed by atoms with Gasteiger partial charge in [0.1, 0.15) is 5.00 Å². The molecule has 0 radical (unpaired) electrons. The zero-order valence-corrected chi connectivity index (χ0v) is 24.5. The molecule has 2 aliphatic rings. The number of ether oxygens (including phenoxy) is 2. The van der Waals surface area contributed by atoms with E-state index in [1.807, 2.05) is 0 Å². The second-order valence-electron chi connectivity index (χ2n) is 11.0. The molecule has 0 spiro atoms. The van der Waals surface area contributed by atoms with E-state index < -0.39 is 27.4 Å². The van der Waals surface area contributed by atoms with E-state index in [0.717, 1.165) is 23.3 Å². The van der Waals surface area contributed by atoms with Crippen LogP contribution in [0.25, 0.3) is 0 Å². The largest absolute Gasteiger partial charge is 0.462 e. The van der Waals surface area contributed by atoms with Crippen molar-refractivity contribution in [2.75, 3.05) is 32.1 Å². The third kappa shape index (κ3) is 5.81. The third-order valence-corrected chi connectivity index (χ3v) is 10.2. The number of anilines is 1. The standard InChI is InChI=1S/C27H37N3O6S2/c1-7-35-25(32)21-20-15-26(2,3)29-27(4,5)22(20)37-24(21)28-23(31)17-10-12-19(13-11-17)38(33,34)30(6)16-18-9-8-14-36-18/h10-13,18,29H,7-9,14-16H2,1-6H3,(H,28,31)/t18-/m1/s1. The molecule has 0 unspecified atom stereocenters. The molecular formula is C27H37N3O6S2. The number of carbonyl (C=O) groups excluding carboxylic acids is 2. The number of fused-ring (bicyclic) bond motifs is 1. The van der Waals surface area contributed by atoms with E-state index >= 15 is 0 Å². The Kier molecular flexibility index (Phi) is 8.07. The minimum Gasteiger partial charge on any atom is -0.462 e. The third-order valence-electron chi connectivity index (χ3n) is 6.86. The Balaban J connectivity index is 1.58. The summed E-state index contributed by atoms with van der Waals surface area (Å²) in [5.74, 6) is -0.902. The number of nitrogens with one attached hydrogen (secondary N) is 2. The first-order valence-electron chi connectivity index (χ1n) is 12.9. The molecule has 2 N–H and O–H groups in total. The predicted octanol–water partition coefficient (Wildman–Crippen LogP) is 4.14. The molecule has 3 heterocycles. The average Bonchev–Trinajstić information content (AvgIpc) is 3.46. The van der Waals surface area contributed by atoms with Gasteiger partial charge in [-0.1, -0.05) is 0 Å². The fourth-order valence-corrected chi connectivity index (χ4v) is 7.80. The summed E-state index contributed by atoms with van der Waals surface area (Å²) < 4.78 is 38.2. The molecule has 1 amide bonds. The highest BCUT2D eigenvalue weighted by molar-refractivity contribution is 7.89. The molecule has 208 valence electrons. The van der Waals surface area contributed by atoms with Crippen molar-refractivity contribution < 1.29 is 27.5 Å². The highest BCUT2D eigenvalue weighted by Gasteiger charge is 2.42. The lowest BCUT2D eigenvalue weighted by molar-refractivity contribution is 0.0525. The number of likely N-dealkylation sites (N-methyl/N-ethyl adjacent to an activating group) is 1. The highest BCUT2D eigenvalue weighted by Crippen LogP contribution is 2.45. The highest BCUT2D eigenvalue weighted by atomic mass is 32.2. The summed E-state index contributed by atoms with van der Waals surface area (Å²) in [6.07, 6.45) is 2.28. The van der Waals surface area contributed by atoms with E-state index in [1.165, 1.54) is 47.0 Å². The molecule has 2 aromatic rings. The summed E-state index contributed by atoms with van der Waals surface area (Å²) in [4.78, 5) is 27.3. The first kappa shape index (κ1) is 28.7. The Hall–Kier alpha value is -2.31. The average molecular weight is 564 g/mol. The van der Waals surface area contributed by atoms with Crippen LogP contribution in [0.15, 0.2) is 29.2 Å². The molecule has 1 aromatic heterocycles. The van der Waals surface area contributed by atoms with Crippen LogP contribution < -0.4 is 10.6 Å². The zero-order chi connectivity index (χ0) is 27.9. The van der Waals surface area contributed by atoms with E-state index in [9.17, 15) is 18.0 Å². The van der Waals surface area contributed by atoms with Gasteiger partial charge in [-0.2, -0.15) is 4.31 Å². The summed E-state index contributed by atoms with van der Waals surface area (Å²) in [6.45, 7) is 11.2. The predicted molar refractivity (Wildman–Crippen MR) is 147 cm³/mol. The number of benzene rings is 1. The Morgan fingerprint density at radius 1 is 1.21 bits per heavy atom. The molecule has 1 saturated heterocycles. The first-order valence-corrected chi connectivity index (χ1v) is 15.1. The number of carbonyl (C=O) groups is 2. The van der Waals surface area contributed by atoms with E-state index in [2.05, 4.69) is 38.3 Å².